The summed E-state index contributed by atoms with van der Waals surface area (Å²) in [6.45, 7) is 0. The fourth-order valence-electron chi connectivity index (χ4n) is 2.71. The van der Waals surface area contributed by atoms with Gasteiger partial charge in [0.25, 0.3) is 5.56 Å². The van der Waals surface area contributed by atoms with Gasteiger partial charge < -0.3 is 10.1 Å². The highest BCUT2D eigenvalue weighted by Crippen LogP contribution is 2.31. The van der Waals surface area contributed by atoms with Crippen LogP contribution >= 0.6 is 0 Å². The van der Waals surface area contributed by atoms with Crippen LogP contribution in [0, 0.1) is 11.6 Å². The van der Waals surface area contributed by atoms with E-state index in [1.807, 2.05) is 0 Å². The molecule has 3 aromatic rings. The summed E-state index contributed by atoms with van der Waals surface area (Å²) in [6.07, 6.45) is 0.322. The molecule has 0 saturated heterocycles. The quantitative estimate of drug-likeness (QED) is 0.753. The molecule has 0 atom stereocenters. The molecule has 0 aliphatic carbocycles. The molecule has 0 radical (unpaired) electrons. The third-order valence-electron chi connectivity index (χ3n) is 3.95. The summed E-state index contributed by atoms with van der Waals surface area (Å²) in [4.78, 5) is 23.0. The number of hydrogen-bond donors (Lipinski definition) is 2. The summed E-state index contributed by atoms with van der Waals surface area (Å²) >= 11 is 0. The van der Waals surface area contributed by atoms with Crippen molar-refractivity contribution in [2.45, 2.75) is 6.42 Å². The van der Waals surface area contributed by atoms with Gasteiger partial charge in [-0.1, -0.05) is 6.07 Å². The third kappa shape index (κ3) is 2.69. The van der Waals surface area contributed by atoms with E-state index in [0.29, 0.717) is 23.4 Å². The van der Waals surface area contributed by atoms with E-state index < -0.39 is 22.9 Å². The number of nitrogens with one attached hydrogen (secondary N) is 1. The first-order chi connectivity index (χ1) is 12.0. The number of halogens is 2. The van der Waals surface area contributed by atoms with E-state index in [1.165, 1.54) is 36.4 Å². The van der Waals surface area contributed by atoms with Crippen molar-refractivity contribution in [2.75, 3.05) is 0 Å². The Hall–Kier alpha value is -3.35. The fraction of sp³-hybridized carbons (Fsp3) is 0.0556. The molecule has 0 fully saturated rings. The van der Waals surface area contributed by atoms with Crippen LogP contribution in [0.1, 0.15) is 11.3 Å². The van der Waals surface area contributed by atoms with Crippen molar-refractivity contribution in [2.24, 2.45) is 4.99 Å². The van der Waals surface area contributed by atoms with Crippen LogP contribution in [0.5, 0.6) is 5.75 Å². The molecule has 2 aromatic carbocycles. The number of aromatic hydroxyl groups is 1. The van der Waals surface area contributed by atoms with Crippen LogP contribution in [-0.2, 0) is 6.42 Å². The maximum atomic E-state index is 13.3. The highest BCUT2D eigenvalue weighted by atomic mass is 19.1. The lowest BCUT2D eigenvalue weighted by molar-refractivity contribution is 0.462. The topological polar surface area (TPSA) is 78.3 Å². The number of fused-ring (bicyclic) bond motifs is 1. The zero-order valence-electron chi connectivity index (χ0n) is 12.8. The van der Waals surface area contributed by atoms with Gasteiger partial charge >= 0.3 is 0 Å². The van der Waals surface area contributed by atoms with Crippen molar-refractivity contribution < 1.29 is 13.9 Å². The van der Waals surface area contributed by atoms with Crippen LogP contribution in [0.2, 0.25) is 0 Å². The second-order valence-corrected chi connectivity index (χ2v) is 5.63. The number of rotatable bonds is 2. The van der Waals surface area contributed by atoms with Gasteiger partial charge in [0.2, 0.25) is 5.75 Å². The zero-order chi connectivity index (χ0) is 17.6. The number of H-pyrrole nitrogens is 1. The summed E-state index contributed by atoms with van der Waals surface area (Å²) in [6, 6.07) is 9.64. The van der Waals surface area contributed by atoms with Crippen molar-refractivity contribution in [1.82, 2.24) is 9.97 Å². The van der Waals surface area contributed by atoms with Gasteiger partial charge in [0.15, 0.2) is 0 Å². The first kappa shape index (κ1) is 15.2. The Kier molecular flexibility index (Phi) is 3.42. The van der Waals surface area contributed by atoms with Gasteiger partial charge in [0, 0.05) is 12.0 Å². The zero-order valence-corrected chi connectivity index (χ0v) is 12.8. The van der Waals surface area contributed by atoms with E-state index >= 15 is 0 Å². The van der Waals surface area contributed by atoms with Gasteiger partial charge in [0.05, 0.1) is 11.4 Å². The smallest absolute Gasteiger partial charge is 0.294 e. The van der Waals surface area contributed by atoms with E-state index in [0.717, 1.165) is 5.56 Å². The van der Waals surface area contributed by atoms with E-state index in [1.54, 1.807) is 6.07 Å². The Morgan fingerprint density at radius 2 is 1.76 bits per heavy atom. The van der Waals surface area contributed by atoms with Crippen LogP contribution in [0.3, 0.4) is 0 Å². The normalized spacial score (nSPS) is 12.8. The predicted molar refractivity (Wildman–Crippen MR) is 88.2 cm³/mol. The van der Waals surface area contributed by atoms with Gasteiger partial charge in [-0.15, -0.1) is 0 Å². The highest BCUT2D eigenvalue weighted by molar-refractivity contribution is 6.07. The van der Waals surface area contributed by atoms with Crippen molar-refractivity contribution in [3.8, 4) is 17.1 Å². The van der Waals surface area contributed by atoms with Gasteiger partial charge in [-0.3, -0.25) is 9.79 Å². The molecular formula is C18H11F2N3O2. The molecule has 5 nitrogen and oxygen atoms in total. The largest absolute Gasteiger partial charge is 0.501 e. The maximum Gasteiger partial charge on any atom is 0.294 e. The van der Waals surface area contributed by atoms with Crippen molar-refractivity contribution in [3.05, 3.63) is 75.7 Å². The molecule has 2 heterocycles. The lowest BCUT2D eigenvalue weighted by atomic mass is 10.1. The molecule has 0 saturated carbocycles. The van der Waals surface area contributed by atoms with Crippen LogP contribution in [-0.4, -0.2) is 20.8 Å². The molecule has 1 aliphatic rings. The summed E-state index contributed by atoms with van der Waals surface area (Å²) in [5.41, 5.74) is 1.38. The number of aromatic nitrogens is 2. The van der Waals surface area contributed by atoms with Crippen molar-refractivity contribution in [3.63, 3.8) is 0 Å². The maximum absolute atomic E-state index is 13.3. The molecule has 7 heteroatoms. The number of aliphatic imine (C=N–C) groups is 1. The molecule has 0 amide bonds. The molecule has 0 bridgehead atoms. The number of aromatic amines is 1. The standard InChI is InChI=1S/C18H11F2N3O2/c19-11-4-1-9(2-5-11)17-22-15(16(24)18(25)23-17)14-7-10-3-6-12(20)8-13(10)21-14/h1-6,8,24H,7H2,(H,22,23,25). The molecule has 124 valence electrons. The lowest BCUT2D eigenvalue weighted by Crippen LogP contribution is -2.16. The molecule has 25 heavy (non-hydrogen) atoms. The molecule has 1 aliphatic heterocycles. The van der Waals surface area contributed by atoms with E-state index in [2.05, 4.69) is 15.0 Å². The van der Waals surface area contributed by atoms with Gasteiger partial charge in [-0.2, -0.15) is 0 Å². The predicted octanol–water partition coefficient (Wildman–Crippen LogP) is 3.10. The molecular weight excluding hydrogens is 328 g/mol. The summed E-state index contributed by atoms with van der Waals surface area (Å²) in [7, 11) is 0. The minimum atomic E-state index is -0.728. The van der Waals surface area contributed by atoms with Crippen LogP contribution in [0.25, 0.3) is 11.4 Å². The van der Waals surface area contributed by atoms with Gasteiger partial charge in [-0.25, -0.2) is 13.8 Å². The van der Waals surface area contributed by atoms with Gasteiger partial charge in [0.1, 0.15) is 23.2 Å². The number of benzene rings is 2. The minimum Gasteiger partial charge on any atom is -0.501 e. The Bertz CT molecular complexity index is 1070. The second-order valence-electron chi connectivity index (χ2n) is 5.63. The molecule has 0 spiro atoms. The van der Waals surface area contributed by atoms with E-state index in [-0.39, 0.29) is 11.5 Å². The molecule has 0 unspecified atom stereocenters. The average Bonchev–Trinajstić information content (AvgIpc) is 3.00. The van der Waals surface area contributed by atoms with E-state index in [9.17, 15) is 18.7 Å². The first-order valence-corrected chi connectivity index (χ1v) is 7.47. The third-order valence-corrected chi connectivity index (χ3v) is 3.95. The summed E-state index contributed by atoms with van der Waals surface area (Å²) in [5.74, 6) is -1.21. The van der Waals surface area contributed by atoms with Crippen molar-refractivity contribution in [1.29, 1.82) is 0 Å². The Morgan fingerprint density at radius 1 is 1.04 bits per heavy atom. The molecule has 1 aromatic heterocycles. The van der Waals surface area contributed by atoms with Crippen LogP contribution < -0.4 is 5.56 Å². The van der Waals surface area contributed by atoms with Gasteiger partial charge in [-0.05, 0) is 42.0 Å². The monoisotopic (exact) mass is 339 g/mol. The highest BCUT2D eigenvalue weighted by Gasteiger charge is 2.22. The SMILES string of the molecule is O=c1[nH]c(-c2ccc(F)cc2)nc(C2=Nc3cc(F)ccc3C2)c1O. The number of nitrogens with zero attached hydrogens (tertiary/aromatic N) is 2. The summed E-state index contributed by atoms with van der Waals surface area (Å²) < 4.78 is 26.4. The first-order valence-electron chi connectivity index (χ1n) is 7.47. The number of hydrogen-bond acceptors (Lipinski definition) is 4. The minimum absolute atomic E-state index is 0.0275. The average molecular weight is 339 g/mol. The summed E-state index contributed by atoms with van der Waals surface area (Å²) in [5, 5.41) is 10.1. The van der Waals surface area contributed by atoms with Crippen LogP contribution in [0.15, 0.2) is 52.3 Å². The Balaban J connectivity index is 1.82. The lowest BCUT2D eigenvalue weighted by Gasteiger charge is -2.06. The molecule has 4 rings (SSSR count). The van der Waals surface area contributed by atoms with Crippen LogP contribution in [0.4, 0.5) is 14.5 Å². The fourth-order valence-corrected chi connectivity index (χ4v) is 2.71. The Labute approximate surface area is 140 Å². The Morgan fingerprint density at radius 3 is 2.52 bits per heavy atom. The van der Waals surface area contributed by atoms with Crippen molar-refractivity contribution >= 4 is 11.4 Å². The van der Waals surface area contributed by atoms with E-state index in [4.69, 9.17) is 0 Å². The second kappa shape index (κ2) is 5.62. The molecule has 2 N–H and O–H groups in total.